The molecule has 3 fully saturated rings. The number of hydrogen-bond acceptors (Lipinski definition) is 8. The molecule has 3 aliphatic rings. The molecule has 3 N–H and O–H groups in total. The molecule has 5 rings (SSSR count). The van der Waals surface area contributed by atoms with Crippen molar-refractivity contribution in [3.63, 3.8) is 0 Å². The first-order chi connectivity index (χ1) is 14.0. The summed E-state index contributed by atoms with van der Waals surface area (Å²) in [6, 6.07) is 7.61. The number of nitrogens with zero attached hydrogens (tertiary/aromatic N) is 4. The molecule has 2 bridgehead atoms. The van der Waals surface area contributed by atoms with Crippen molar-refractivity contribution >= 4 is 23.6 Å². The van der Waals surface area contributed by atoms with Gasteiger partial charge in [0.2, 0.25) is 5.89 Å². The lowest BCUT2D eigenvalue weighted by Gasteiger charge is -2.29. The molecule has 10 heteroatoms. The van der Waals surface area contributed by atoms with Gasteiger partial charge in [0.15, 0.2) is 0 Å². The molecule has 0 aliphatic carbocycles. The van der Waals surface area contributed by atoms with Gasteiger partial charge in [0.1, 0.15) is 5.70 Å². The number of nitrogens with one attached hydrogen (secondary N) is 1. The molecule has 29 heavy (non-hydrogen) atoms. The molecule has 3 aliphatic heterocycles. The predicted molar refractivity (Wildman–Crippen MR) is 104 cm³/mol. The molecule has 0 saturated carbocycles. The number of carboxylic acid groups (broad SMARTS) is 2. The molecule has 1 aromatic heterocycles. The molecule has 0 unspecified atom stereocenters. The first-order valence-electron chi connectivity index (χ1n) is 9.37. The Morgan fingerprint density at radius 2 is 1.79 bits per heavy atom. The largest absolute Gasteiger partial charge is 0.478 e. The molecule has 10 nitrogen and oxygen atoms in total. The first-order valence-corrected chi connectivity index (χ1v) is 9.37. The Morgan fingerprint density at radius 1 is 1.07 bits per heavy atom. The third-order valence-corrected chi connectivity index (χ3v) is 5.22. The van der Waals surface area contributed by atoms with Crippen LogP contribution < -0.4 is 10.2 Å². The Labute approximate surface area is 166 Å². The van der Waals surface area contributed by atoms with Crippen LogP contribution in [0.2, 0.25) is 0 Å². The molecular formula is C19H21N5O5. The van der Waals surface area contributed by atoms with Crippen LogP contribution in [0.5, 0.6) is 0 Å². The Morgan fingerprint density at radius 3 is 2.45 bits per heavy atom. The zero-order chi connectivity index (χ0) is 20.4. The highest BCUT2D eigenvalue weighted by Gasteiger charge is 2.31. The average molecular weight is 399 g/mol. The summed E-state index contributed by atoms with van der Waals surface area (Å²) >= 11 is 0. The minimum atomic E-state index is -1.36. The van der Waals surface area contributed by atoms with Crippen molar-refractivity contribution in [2.45, 2.75) is 18.9 Å². The van der Waals surface area contributed by atoms with Crippen LogP contribution in [0.1, 0.15) is 12.8 Å². The SMILES string of the molecule is O=C(O)/C=C(\Nc1ccc(-c2nnc(N3CCN4CCC3CC4)o2)cc1)C(=O)O. The van der Waals surface area contributed by atoms with Gasteiger partial charge in [-0.15, -0.1) is 5.10 Å². The number of carbonyl (C=O) groups is 2. The zero-order valence-corrected chi connectivity index (χ0v) is 15.6. The van der Waals surface area contributed by atoms with E-state index in [1.54, 1.807) is 24.3 Å². The third kappa shape index (κ3) is 4.21. The van der Waals surface area contributed by atoms with Gasteiger partial charge in [0.25, 0.3) is 0 Å². The van der Waals surface area contributed by atoms with Gasteiger partial charge in [-0.25, -0.2) is 9.59 Å². The second-order valence-corrected chi connectivity index (χ2v) is 7.06. The number of benzene rings is 1. The summed E-state index contributed by atoms with van der Waals surface area (Å²) in [7, 11) is 0. The van der Waals surface area contributed by atoms with E-state index in [2.05, 4.69) is 25.3 Å². The maximum Gasteiger partial charge on any atom is 0.352 e. The molecule has 0 spiro atoms. The molecule has 0 radical (unpaired) electrons. The fourth-order valence-corrected chi connectivity index (χ4v) is 3.71. The van der Waals surface area contributed by atoms with E-state index in [1.165, 1.54) is 0 Å². The van der Waals surface area contributed by atoms with Gasteiger partial charge in [-0.05, 0) is 37.1 Å². The van der Waals surface area contributed by atoms with Crippen molar-refractivity contribution in [1.29, 1.82) is 0 Å². The minimum absolute atomic E-state index is 0.380. The number of rotatable bonds is 6. The van der Waals surface area contributed by atoms with Crippen LogP contribution >= 0.6 is 0 Å². The summed E-state index contributed by atoms with van der Waals surface area (Å²) in [5.74, 6) is -2.32. The highest BCUT2D eigenvalue weighted by atomic mass is 16.4. The van der Waals surface area contributed by atoms with Crippen molar-refractivity contribution < 1.29 is 24.2 Å². The number of anilines is 2. The van der Waals surface area contributed by atoms with Crippen molar-refractivity contribution in [3.05, 3.63) is 36.0 Å². The van der Waals surface area contributed by atoms with E-state index in [-0.39, 0.29) is 0 Å². The second-order valence-electron chi connectivity index (χ2n) is 7.06. The maximum atomic E-state index is 11.1. The van der Waals surface area contributed by atoms with E-state index < -0.39 is 17.6 Å². The Bertz CT molecular complexity index is 931. The van der Waals surface area contributed by atoms with Crippen LogP contribution in [-0.4, -0.2) is 69.5 Å². The van der Waals surface area contributed by atoms with E-state index >= 15 is 0 Å². The van der Waals surface area contributed by atoms with Crippen LogP contribution in [0, 0.1) is 0 Å². The number of carboxylic acids is 2. The quantitative estimate of drug-likeness (QED) is 0.614. The Hall–Kier alpha value is -3.40. The average Bonchev–Trinajstić information content (AvgIpc) is 3.00. The van der Waals surface area contributed by atoms with Crippen molar-refractivity contribution in [1.82, 2.24) is 15.1 Å². The van der Waals surface area contributed by atoms with E-state index in [0.29, 0.717) is 35.3 Å². The molecule has 4 heterocycles. The summed E-state index contributed by atoms with van der Waals surface area (Å²) in [5, 5.41) is 28.8. The standard InChI is InChI=1S/C19H21N5O5/c25-16(26)11-15(18(27)28)20-13-3-1-12(2-4-13)17-21-22-19(29-17)24-10-9-23-7-5-14(24)6-8-23/h1-4,11,14,20H,5-10H2,(H,25,26)(H,27,28)/b15-11-. The summed E-state index contributed by atoms with van der Waals surface area (Å²) in [5.41, 5.74) is 0.690. The lowest BCUT2D eigenvalue weighted by atomic mass is 10.1. The fourth-order valence-electron chi connectivity index (χ4n) is 3.71. The fraction of sp³-hybridized carbons (Fsp3) is 0.368. The number of aromatic nitrogens is 2. The molecule has 0 amide bonds. The van der Waals surface area contributed by atoms with E-state index in [4.69, 9.17) is 14.6 Å². The molecule has 0 atom stereocenters. The molecule has 152 valence electrons. The first kappa shape index (κ1) is 18.9. The molecular weight excluding hydrogens is 378 g/mol. The topological polar surface area (TPSA) is 132 Å². The number of piperidine rings is 1. The van der Waals surface area contributed by atoms with Gasteiger partial charge < -0.3 is 29.7 Å². The normalized spacial score (nSPS) is 21.7. The number of fused-ring (bicyclic) bond motifs is 4. The molecule has 3 saturated heterocycles. The summed E-state index contributed by atoms with van der Waals surface area (Å²) in [6.07, 6.45) is 2.79. The second kappa shape index (κ2) is 7.92. The van der Waals surface area contributed by atoms with Crippen LogP contribution in [0.3, 0.4) is 0 Å². The number of aliphatic carboxylic acids is 2. The summed E-state index contributed by atoms with van der Waals surface area (Å²) in [6.45, 7) is 4.06. The van der Waals surface area contributed by atoms with Gasteiger partial charge in [-0.1, -0.05) is 5.10 Å². The smallest absolute Gasteiger partial charge is 0.352 e. The van der Waals surface area contributed by atoms with Crippen molar-refractivity contribution in [2.24, 2.45) is 0 Å². The zero-order valence-electron chi connectivity index (χ0n) is 15.6. The predicted octanol–water partition coefficient (Wildman–Crippen LogP) is 1.49. The molecule has 1 aromatic carbocycles. The van der Waals surface area contributed by atoms with E-state index in [9.17, 15) is 9.59 Å². The van der Waals surface area contributed by atoms with Crippen LogP contribution in [0.4, 0.5) is 11.7 Å². The van der Waals surface area contributed by atoms with Gasteiger partial charge in [-0.3, -0.25) is 0 Å². The lowest BCUT2D eigenvalue weighted by molar-refractivity contribution is -0.134. The molecule has 2 aromatic rings. The van der Waals surface area contributed by atoms with E-state index in [0.717, 1.165) is 39.0 Å². The van der Waals surface area contributed by atoms with Crippen molar-refractivity contribution in [2.75, 3.05) is 36.4 Å². The van der Waals surface area contributed by atoms with Crippen LogP contribution in [-0.2, 0) is 9.59 Å². The highest BCUT2D eigenvalue weighted by Crippen LogP contribution is 2.29. The van der Waals surface area contributed by atoms with Crippen molar-refractivity contribution in [3.8, 4) is 11.5 Å². The van der Waals surface area contributed by atoms with Gasteiger partial charge in [-0.2, -0.15) is 0 Å². The Kier molecular flexibility index (Phi) is 5.17. The van der Waals surface area contributed by atoms with E-state index in [1.807, 2.05) is 0 Å². The summed E-state index contributed by atoms with van der Waals surface area (Å²) < 4.78 is 5.91. The maximum absolute atomic E-state index is 11.1. The van der Waals surface area contributed by atoms with Crippen LogP contribution in [0.25, 0.3) is 11.5 Å². The monoisotopic (exact) mass is 399 g/mol. The Balaban J connectivity index is 1.49. The van der Waals surface area contributed by atoms with Gasteiger partial charge >= 0.3 is 18.0 Å². The lowest BCUT2D eigenvalue weighted by Crippen LogP contribution is -2.38. The minimum Gasteiger partial charge on any atom is -0.478 e. The highest BCUT2D eigenvalue weighted by molar-refractivity contribution is 5.97. The van der Waals surface area contributed by atoms with Gasteiger partial charge in [0.05, 0.1) is 6.08 Å². The summed E-state index contributed by atoms with van der Waals surface area (Å²) in [4.78, 5) is 26.5. The number of hydrogen-bond donors (Lipinski definition) is 3. The third-order valence-electron chi connectivity index (χ3n) is 5.22. The van der Waals surface area contributed by atoms with Gasteiger partial charge in [0, 0.05) is 43.5 Å². The van der Waals surface area contributed by atoms with Crippen LogP contribution in [0.15, 0.2) is 40.5 Å².